The van der Waals surface area contributed by atoms with Gasteiger partial charge in [-0.05, 0) is 46.0 Å². The summed E-state index contributed by atoms with van der Waals surface area (Å²) < 4.78 is 45.1. The number of benzene rings is 1. The SMILES string of the molecule is O=C(OCc1cncc(Br)c1)[C@@H]1C[C@@H]1c1ccccc1C(F)(F)F. The van der Waals surface area contributed by atoms with E-state index in [9.17, 15) is 18.0 Å². The quantitative estimate of drug-likeness (QED) is 0.698. The number of rotatable bonds is 4. The van der Waals surface area contributed by atoms with E-state index >= 15 is 0 Å². The molecule has 1 aliphatic carbocycles. The topological polar surface area (TPSA) is 39.2 Å². The molecule has 24 heavy (non-hydrogen) atoms. The van der Waals surface area contributed by atoms with Crippen LogP contribution >= 0.6 is 15.9 Å². The Balaban J connectivity index is 1.64. The number of hydrogen-bond donors (Lipinski definition) is 0. The number of carbonyl (C=O) groups excluding carboxylic acids is 1. The van der Waals surface area contributed by atoms with Crippen LogP contribution in [-0.2, 0) is 22.3 Å². The molecule has 0 spiro atoms. The fourth-order valence-electron chi connectivity index (χ4n) is 2.67. The summed E-state index contributed by atoms with van der Waals surface area (Å²) in [5, 5.41) is 0. The van der Waals surface area contributed by atoms with Crippen LogP contribution in [-0.4, -0.2) is 11.0 Å². The monoisotopic (exact) mass is 399 g/mol. The number of ether oxygens (including phenoxy) is 1. The van der Waals surface area contributed by atoms with Gasteiger partial charge < -0.3 is 4.74 Å². The zero-order chi connectivity index (χ0) is 17.3. The maximum absolute atomic E-state index is 13.0. The van der Waals surface area contributed by atoms with Crippen LogP contribution in [0.2, 0.25) is 0 Å². The molecule has 0 saturated heterocycles. The number of esters is 1. The minimum atomic E-state index is -4.42. The largest absolute Gasteiger partial charge is 0.461 e. The maximum atomic E-state index is 13.0. The Bertz CT molecular complexity index is 763. The van der Waals surface area contributed by atoms with Gasteiger partial charge in [-0.15, -0.1) is 0 Å². The van der Waals surface area contributed by atoms with Gasteiger partial charge in [0.15, 0.2) is 0 Å². The molecular weight excluding hydrogens is 387 g/mol. The summed E-state index contributed by atoms with van der Waals surface area (Å²) in [5.41, 5.74) is 0.197. The molecule has 0 amide bonds. The van der Waals surface area contributed by atoms with Crippen molar-refractivity contribution >= 4 is 21.9 Å². The van der Waals surface area contributed by atoms with Crippen LogP contribution in [0.1, 0.15) is 29.0 Å². The minimum absolute atomic E-state index is 0.0510. The van der Waals surface area contributed by atoms with E-state index in [0.29, 0.717) is 12.0 Å². The number of aromatic nitrogens is 1. The third kappa shape index (κ3) is 3.77. The van der Waals surface area contributed by atoms with E-state index in [4.69, 9.17) is 4.74 Å². The fourth-order valence-corrected chi connectivity index (χ4v) is 3.09. The molecule has 3 nitrogen and oxygen atoms in total. The average Bonchev–Trinajstić information content (AvgIpc) is 3.32. The zero-order valence-corrected chi connectivity index (χ0v) is 14.0. The van der Waals surface area contributed by atoms with E-state index in [1.165, 1.54) is 12.1 Å². The Labute approximate surface area is 145 Å². The molecule has 3 rings (SSSR count). The van der Waals surface area contributed by atoms with Gasteiger partial charge in [0.2, 0.25) is 0 Å². The molecule has 2 aromatic rings. The van der Waals surface area contributed by atoms with Gasteiger partial charge in [-0.2, -0.15) is 13.2 Å². The second-order valence-electron chi connectivity index (χ2n) is 5.65. The van der Waals surface area contributed by atoms with Crippen LogP contribution in [0.25, 0.3) is 0 Å². The Morgan fingerprint density at radius 2 is 2.04 bits per heavy atom. The van der Waals surface area contributed by atoms with Gasteiger partial charge >= 0.3 is 12.1 Å². The highest BCUT2D eigenvalue weighted by Crippen LogP contribution is 2.51. The van der Waals surface area contributed by atoms with E-state index in [0.717, 1.165) is 10.5 Å². The molecule has 0 radical (unpaired) electrons. The second kappa shape index (κ2) is 6.55. The second-order valence-corrected chi connectivity index (χ2v) is 6.57. The van der Waals surface area contributed by atoms with Crippen molar-refractivity contribution in [1.29, 1.82) is 0 Å². The van der Waals surface area contributed by atoms with Gasteiger partial charge in [0.1, 0.15) is 6.61 Å². The van der Waals surface area contributed by atoms with Crippen molar-refractivity contribution in [2.24, 2.45) is 5.92 Å². The molecule has 0 bridgehead atoms. The van der Waals surface area contributed by atoms with Crippen molar-refractivity contribution in [3.8, 4) is 0 Å². The summed E-state index contributed by atoms with van der Waals surface area (Å²) in [6.07, 6.45) is -0.865. The lowest BCUT2D eigenvalue weighted by atomic mass is 10.0. The Hall–Kier alpha value is -1.89. The van der Waals surface area contributed by atoms with E-state index in [1.807, 2.05) is 0 Å². The molecule has 1 fully saturated rings. The molecule has 1 aliphatic rings. The molecule has 0 unspecified atom stereocenters. The van der Waals surface area contributed by atoms with Crippen molar-refractivity contribution in [2.45, 2.75) is 25.1 Å². The Morgan fingerprint density at radius 3 is 2.75 bits per heavy atom. The normalized spacial score (nSPS) is 19.8. The van der Waals surface area contributed by atoms with Gasteiger partial charge in [0, 0.05) is 22.4 Å². The lowest BCUT2D eigenvalue weighted by Gasteiger charge is -2.12. The highest BCUT2D eigenvalue weighted by Gasteiger charge is 2.48. The molecule has 0 aliphatic heterocycles. The fraction of sp³-hybridized carbons (Fsp3) is 0.294. The van der Waals surface area contributed by atoms with E-state index < -0.39 is 29.5 Å². The number of carbonyl (C=O) groups is 1. The van der Waals surface area contributed by atoms with Crippen LogP contribution < -0.4 is 0 Å². The summed E-state index contributed by atoms with van der Waals surface area (Å²) in [4.78, 5) is 16.0. The number of hydrogen-bond acceptors (Lipinski definition) is 3. The molecule has 1 saturated carbocycles. The van der Waals surface area contributed by atoms with Crippen LogP contribution in [0.15, 0.2) is 47.2 Å². The summed E-state index contributed by atoms with van der Waals surface area (Å²) in [6.45, 7) is 0.0510. The number of alkyl halides is 3. The standard InChI is InChI=1S/C17H13BrF3NO2/c18-11-5-10(7-22-8-11)9-24-16(23)14-6-13(14)12-3-1-2-4-15(12)17(19,20)21/h1-5,7-8,13-14H,6,9H2/t13-,14-/m1/s1. The lowest BCUT2D eigenvalue weighted by molar-refractivity contribution is -0.147. The smallest absolute Gasteiger partial charge is 0.416 e. The Kier molecular flexibility index (Phi) is 4.62. The number of halogens is 4. The van der Waals surface area contributed by atoms with E-state index in [2.05, 4.69) is 20.9 Å². The van der Waals surface area contributed by atoms with Crippen molar-refractivity contribution in [2.75, 3.05) is 0 Å². The van der Waals surface area contributed by atoms with Crippen molar-refractivity contribution in [1.82, 2.24) is 4.98 Å². The van der Waals surface area contributed by atoms with Gasteiger partial charge in [-0.25, -0.2) is 0 Å². The average molecular weight is 400 g/mol. The molecule has 0 N–H and O–H groups in total. The van der Waals surface area contributed by atoms with Crippen LogP contribution in [0.5, 0.6) is 0 Å². The summed E-state index contributed by atoms with van der Waals surface area (Å²) >= 11 is 3.27. The van der Waals surface area contributed by atoms with Gasteiger partial charge in [0.05, 0.1) is 11.5 Å². The van der Waals surface area contributed by atoms with E-state index in [1.54, 1.807) is 24.5 Å². The lowest BCUT2D eigenvalue weighted by Crippen LogP contribution is -2.11. The number of pyridine rings is 1. The first kappa shape index (κ1) is 17.0. The van der Waals surface area contributed by atoms with Gasteiger partial charge in [0.25, 0.3) is 0 Å². The van der Waals surface area contributed by atoms with E-state index in [-0.39, 0.29) is 12.2 Å². The van der Waals surface area contributed by atoms with Crippen LogP contribution in [0, 0.1) is 5.92 Å². The molecule has 1 aromatic heterocycles. The zero-order valence-electron chi connectivity index (χ0n) is 12.4. The summed E-state index contributed by atoms with van der Waals surface area (Å²) in [6, 6.07) is 7.15. The van der Waals surface area contributed by atoms with Crippen LogP contribution in [0.3, 0.4) is 0 Å². The molecular formula is C17H13BrF3NO2. The first-order chi connectivity index (χ1) is 11.4. The minimum Gasteiger partial charge on any atom is -0.461 e. The number of nitrogens with zero attached hydrogens (tertiary/aromatic N) is 1. The molecule has 1 aromatic carbocycles. The predicted octanol–water partition coefficient (Wildman–Crippen LogP) is 4.71. The molecule has 126 valence electrons. The maximum Gasteiger partial charge on any atom is 0.416 e. The summed E-state index contributed by atoms with van der Waals surface area (Å²) in [5.74, 6) is -1.43. The first-order valence-corrected chi connectivity index (χ1v) is 8.08. The third-order valence-corrected chi connectivity index (χ3v) is 4.34. The molecule has 7 heteroatoms. The highest BCUT2D eigenvalue weighted by molar-refractivity contribution is 9.10. The molecule has 2 atom stereocenters. The summed E-state index contributed by atoms with van der Waals surface area (Å²) in [7, 11) is 0. The molecule has 1 heterocycles. The highest BCUT2D eigenvalue weighted by atomic mass is 79.9. The Morgan fingerprint density at radius 1 is 1.29 bits per heavy atom. The van der Waals surface area contributed by atoms with Gasteiger partial charge in [-0.1, -0.05) is 18.2 Å². The predicted molar refractivity (Wildman–Crippen MR) is 84.0 cm³/mol. The van der Waals surface area contributed by atoms with Crippen molar-refractivity contribution < 1.29 is 22.7 Å². The van der Waals surface area contributed by atoms with Crippen molar-refractivity contribution in [3.05, 3.63) is 63.9 Å². The van der Waals surface area contributed by atoms with Crippen molar-refractivity contribution in [3.63, 3.8) is 0 Å². The third-order valence-electron chi connectivity index (χ3n) is 3.90. The van der Waals surface area contributed by atoms with Gasteiger partial charge in [-0.3, -0.25) is 9.78 Å². The first-order valence-electron chi connectivity index (χ1n) is 7.28. The van der Waals surface area contributed by atoms with Crippen LogP contribution in [0.4, 0.5) is 13.2 Å².